The Morgan fingerprint density at radius 2 is 1.84 bits per heavy atom. The van der Waals surface area contributed by atoms with Gasteiger partial charge in [0.05, 0.1) is 25.5 Å². The van der Waals surface area contributed by atoms with Crippen LogP contribution in [0.15, 0.2) is 67.4 Å². The second-order valence-electron chi connectivity index (χ2n) is 7.24. The topological polar surface area (TPSA) is 89.8 Å². The fourth-order valence-electron chi connectivity index (χ4n) is 3.21. The number of rotatable bonds is 9. The van der Waals surface area contributed by atoms with Gasteiger partial charge in [0.2, 0.25) is 0 Å². The lowest BCUT2D eigenvalue weighted by Crippen LogP contribution is -2.09. The molecular weight excluding hydrogens is 409 g/mol. The maximum atomic E-state index is 13.3. The van der Waals surface area contributed by atoms with E-state index in [1.54, 1.807) is 37.8 Å². The first kappa shape index (κ1) is 21.4. The Bertz CT molecular complexity index is 1150. The second-order valence-corrected chi connectivity index (χ2v) is 7.24. The maximum Gasteiger partial charge on any atom is 0.150 e. The van der Waals surface area contributed by atoms with E-state index in [-0.39, 0.29) is 11.9 Å². The molecule has 32 heavy (non-hydrogen) atoms. The molecule has 0 aliphatic carbocycles. The zero-order chi connectivity index (χ0) is 22.3. The molecule has 0 aliphatic heterocycles. The van der Waals surface area contributed by atoms with Gasteiger partial charge in [-0.3, -0.25) is 9.67 Å². The molecule has 2 N–H and O–H groups in total. The number of benzene rings is 1. The van der Waals surface area contributed by atoms with Crippen LogP contribution < -0.4 is 10.6 Å². The van der Waals surface area contributed by atoms with Gasteiger partial charge >= 0.3 is 0 Å². The Labute approximate surface area is 185 Å². The van der Waals surface area contributed by atoms with Crippen molar-refractivity contribution < 1.29 is 9.13 Å². The van der Waals surface area contributed by atoms with Crippen molar-refractivity contribution in [2.24, 2.45) is 0 Å². The van der Waals surface area contributed by atoms with Gasteiger partial charge in [-0.15, -0.1) is 0 Å². The first-order valence-electron chi connectivity index (χ1n) is 10.2. The molecule has 0 fully saturated rings. The second kappa shape index (κ2) is 9.97. The van der Waals surface area contributed by atoms with Gasteiger partial charge in [-0.05, 0) is 42.3 Å². The van der Waals surface area contributed by atoms with Crippen LogP contribution >= 0.6 is 0 Å². The Hall–Kier alpha value is -3.85. The highest BCUT2D eigenvalue weighted by Gasteiger charge is 2.11. The highest BCUT2D eigenvalue weighted by molar-refractivity contribution is 5.71. The highest BCUT2D eigenvalue weighted by atomic mass is 19.1. The predicted octanol–water partition coefficient (Wildman–Crippen LogP) is 4.44. The summed E-state index contributed by atoms with van der Waals surface area (Å²) in [5.74, 6) is 1.60. The monoisotopic (exact) mass is 433 g/mol. The van der Waals surface area contributed by atoms with Gasteiger partial charge in [0, 0.05) is 37.3 Å². The molecule has 3 heterocycles. The molecule has 0 aliphatic rings. The smallest absolute Gasteiger partial charge is 0.150 e. The third-order valence-corrected chi connectivity index (χ3v) is 4.87. The van der Waals surface area contributed by atoms with E-state index in [0.717, 1.165) is 16.7 Å². The van der Waals surface area contributed by atoms with Gasteiger partial charge in [0.25, 0.3) is 0 Å². The summed E-state index contributed by atoms with van der Waals surface area (Å²) >= 11 is 0. The molecule has 0 spiro atoms. The lowest BCUT2D eigenvalue weighted by molar-refractivity contribution is 0.183. The van der Waals surface area contributed by atoms with Gasteiger partial charge < -0.3 is 15.4 Å². The first-order chi connectivity index (χ1) is 15.6. The molecule has 3 aromatic heterocycles. The molecule has 0 saturated heterocycles. The van der Waals surface area contributed by atoms with Crippen molar-refractivity contribution in [3.05, 3.63) is 78.8 Å². The molecular formula is C23H24FN7O. The predicted molar refractivity (Wildman–Crippen MR) is 121 cm³/mol. The molecule has 0 saturated carbocycles. The lowest BCUT2D eigenvalue weighted by Gasteiger charge is -2.17. The van der Waals surface area contributed by atoms with Crippen molar-refractivity contribution in [3.63, 3.8) is 0 Å². The van der Waals surface area contributed by atoms with Gasteiger partial charge in [-0.2, -0.15) is 5.10 Å². The third-order valence-electron chi connectivity index (χ3n) is 4.87. The van der Waals surface area contributed by atoms with Crippen molar-refractivity contribution >= 4 is 17.5 Å². The van der Waals surface area contributed by atoms with Crippen molar-refractivity contribution in [1.82, 2.24) is 24.7 Å². The number of pyridine rings is 1. The molecule has 1 aromatic carbocycles. The zero-order valence-corrected chi connectivity index (χ0v) is 17.9. The van der Waals surface area contributed by atoms with E-state index < -0.39 is 0 Å². The summed E-state index contributed by atoms with van der Waals surface area (Å²) in [4.78, 5) is 13.0. The SMILES string of the molecule is COCCn1cc(-c2cc(Nc3cnccn3)nc(N[C@@H](C)c3ccc(F)cc3)c2)cn1. The van der Waals surface area contributed by atoms with Crippen molar-refractivity contribution in [3.8, 4) is 11.1 Å². The summed E-state index contributed by atoms with van der Waals surface area (Å²) in [6, 6.07) is 10.2. The minimum Gasteiger partial charge on any atom is -0.383 e. The molecule has 0 radical (unpaired) electrons. The van der Waals surface area contributed by atoms with E-state index in [1.807, 2.05) is 36.1 Å². The van der Waals surface area contributed by atoms with E-state index in [9.17, 15) is 4.39 Å². The van der Waals surface area contributed by atoms with E-state index >= 15 is 0 Å². The Balaban J connectivity index is 1.63. The standard InChI is InChI=1S/C23H24FN7O/c1-16(17-3-5-20(24)6-4-17)28-21-11-18(19-13-27-31(15-19)9-10-32-2)12-22(29-21)30-23-14-25-7-8-26-23/h3-8,11-16H,9-10H2,1-2H3,(H2,26,28,29,30)/t16-/m0/s1. The minimum atomic E-state index is -0.262. The number of ether oxygens (including phenoxy) is 1. The summed E-state index contributed by atoms with van der Waals surface area (Å²) < 4.78 is 20.3. The first-order valence-corrected chi connectivity index (χ1v) is 10.2. The molecule has 4 aromatic rings. The fraction of sp³-hybridized carbons (Fsp3) is 0.217. The molecule has 4 rings (SSSR count). The van der Waals surface area contributed by atoms with E-state index in [0.29, 0.717) is 30.6 Å². The van der Waals surface area contributed by atoms with Crippen LogP contribution in [-0.4, -0.2) is 38.4 Å². The highest BCUT2D eigenvalue weighted by Crippen LogP contribution is 2.28. The Morgan fingerprint density at radius 3 is 2.59 bits per heavy atom. The normalized spacial score (nSPS) is 11.8. The Morgan fingerprint density at radius 1 is 1.03 bits per heavy atom. The number of anilines is 3. The lowest BCUT2D eigenvalue weighted by atomic mass is 10.1. The van der Waals surface area contributed by atoms with Crippen LogP contribution in [0.5, 0.6) is 0 Å². The average molecular weight is 433 g/mol. The molecule has 1 atom stereocenters. The number of nitrogens with one attached hydrogen (secondary N) is 2. The Kier molecular flexibility index (Phi) is 6.66. The fourth-order valence-corrected chi connectivity index (χ4v) is 3.21. The number of hydrogen-bond donors (Lipinski definition) is 2. The number of nitrogens with zero attached hydrogens (tertiary/aromatic N) is 5. The average Bonchev–Trinajstić information content (AvgIpc) is 3.28. The molecule has 0 amide bonds. The molecule has 0 bridgehead atoms. The van der Waals surface area contributed by atoms with Gasteiger partial charge in [0.1, 0.15) is 23.3 Å². The van der Waals surface area contributed by atoms with E-state index in [1.165, 1.54) is 12.1 Å². The summed E-state index contributed by atoms with van der Waals surface area (Å²) in [7, 11) is 1.66. The van der Waals surface area contributed by atoms with Crippen LogP contribution in [0.25, 0.3) is 11.1 Å². The van der Waals surface area contributed by atoms with Crippen LogP contribution in [0.3, 0.4) is 0 Å². The van der Waals surface area contributed by atoms with E-state index in [4.69, 9.17) is 4.74 Å². The van der Waals surface area contributed by atoms with Crippen molar-refractivity contribution in [1.29, 1.82) is 0 Å². The molecule has 164 valence electrons. The maximum absolute atomic E-state index is 13.3. The number of hydrogen-bond acceptors (Lipinski definition) is 7. The summed E-state index contributed by atoms with van der Waals surface area (Å²) in [5, 5.41) is 11.0. The van der Waals surface area contributed by atoms with Crippen LogP contribution in [0.1, 0.15) is 18.5 Å². The van der Waals surface area contributed by atoms with Gasteiger partial charge in [-0.25, -0.2) is 14.4 Å². The van der Waals surface area contributed by atoms with E-state index in [2.05, 4.69) is 30.7 Å². The minimum absolute atomic E-state index is 0.0767. The quantitative estimate of drug-likeness (QED) is 0.403. The molecule has 9 heteroatoms. The van der Waals surface area contributed by atoms with Crippen LogP contribution in [0, 0.1) is 5.82 Å². The van der Waals surface area contributed by atoms with Crippen molar-refractivity contribution in [2.75, 3.05) is 24.4 Å². The number of methoxy groups -OCH3 is 1. The third kappa shape index (κ3) is 5.44. The molecule has 8 nitrogen and oxygen atoms in total. The number of aromatic nitrogens is 5. The van der Waals surface area contributed by atoms with Gasteiger partial charge in [0.15, 0.2) is 0 Å². The van der Waals surface area contributed by atoms with Crippen LogP contribution in [-0.2, 0) is 11.3 Å². The zero-order valence-electron chi connectivity index (χ0n) is 17.9. The summed E-state index contributed by atoms with van der Waals surface area (Å²) in [6.07, 6.45) is 8.63. The molecule has 0 unspecified atom stereocenters. The van der Waals surface area contributed by atoms with Crippen molar-refractivity contribution in [2.45, 2.75) is 19.5 Å². The van der Waals surface area contributed by atoms with Crippen LogP contribution in [0.2, 0.25) is 0 Å². The van der Waals surface area contributed by atoms with Gasteiger partial charge in [-0.1, -0.05) is 12.1 Å². The summed E-state index contributed by atoms with van der Waals surface area (Å²) in [5.41, 5.74) is 2.83. The number of halogens is 1. The largest absolute Gasteiger partial charge is 0.383 e. The summed E-state index contributed by atoms with van der Waals surface area (Å²) in [6.45, 7) is 3.25. The van der Waals surface area contributed by atoms with Crippen LogP contribution in [0.4, 0.5) is 21.8 Å².